The summed E-state index contributed by atoms with van der Waals surface area (Å²) in [6, 6.07) is 2.17. The summed E-state index contributed by atoms with van der Waals surface area (Å²) in [6.07, 6.45) is 11.1. The van der Waals surface area contributed by atoms with E-state index in [4.69, 9.17) is 0 Å². The molecule has 1 saturated carbocycles. The van der Waals surface area contributed by atoms with E-state index in [-0.39, 0.29) is 11.8 Å². The van der Waals surface area contributed by atoms with Crippen LogP contribution < -0.4 is 5.32 Å². The van der Waals surface area contributed by atoms with Gasteiger partial charge in [0.1, 0.15) is 5.69 Å². The zero-order chi connectivity index (χ0) is 19.3. The van der Waals surface area contributed by atoms with Crippen molar-refractivity contribution in [1.82, 2.24) is 24.9 Å². The lowest BCUT2D eigenvalue weighted by molar-refractivity contribution is -0.133. The second kappa shape index (κ2) is 9.07. The second-order valence-electron chi connectivity index (χ2n) is 8.56. The number of nitrogens with one attached hydrogen (secondary N) is 1. The summed E-state index contributed by atoms with van der Waals surface area (Å²) in [4.78, 5) is 29.2. The molecule has 0 spiro atoms. The molecule has 1 atom stereocenters. The highest BCUT2D eigenvalue weighted by Crippen LogP contribution is 2.27. The Bertz CT molecular complexity index is 668. The van der Waals surface area contributed by atoms with E-state index in [0.29, 0.717) is 50.3 Å². The van der Waals surface area contributed by atoms with Crippen LogP contribution in [0.1, 0.15) is 67.9 Å². The Morgan fingerprint density at radius 1 is 1.00 bits per heavy atom. The number of carbonyl (C=O) groups is 2. The maximum Gasteiger partial charge on any atom is 0.274 e. The molecular weight excluding hydrogens is 354 g/mol. The minimum atomic E-state index is -0.0121. The normalized spacial score (nSPS) is 24.4. The quantitative estimate of drug-likeness (QED) is 0.859. The smallest absolute Gasteiger partial charge is 0.274 e. The molecule has 3 heterocycles. The van der Waals surface area contributed by atoms with Gasteiger partial charge in [0.15, 0.2) is 0 Å². The molecule has 3 fully saturated rings. The Morgan fingerprint density at radius 2 is 1.75 bits per heavy atom. The van der Waals surface area contributed by atoms with E-state index in [1.165, 1.54) is 32.1 Å². The lowest BCUT2D eigenvalue weighted by atomic mass is 9.86. The number of hydrogen-bond donors (Lipinski definition) is 1. The number of amides is 2. The molecule has 2 aliphatic heterocycles. The first-order chi connectivity index (χ1) is 13.7. The third-order valence-electron chi connectivity index (χ3n) is 6.58. The summed E-state index contributed by atoms with van der Waals surface area (Å²) in [5.74, 6) is 0.828. The highest BCUT2D eigenvalue weighted by Gasteiger charge is 2.28. The number of piperazine rings is 1. The largest absolute Gasteiger partial charge is 0.339 e. The van der Waals surface area contributed by atoms with Crippen molar-refractivity contribution in [2.24, 2.45) is 5.92 Å². The van der Waals surface area contributed by atoms with Crippen molar-refractivity contribution in [3.05, 3.63) is 18.0 Å². The second-order valence-corrected chi connectivity index (χ2v) is 8.56. The minimum absolute atomic E-state index is 0.0121. The summed E-state index contributed by atoms with van der Waals surface area (Å²) < 4.78 is 1.93. The molecule has 0 aromatic carbocycles. The van der Waals surface area contributed by atoms with Gasteiger partial charge in [-0.3, -0.25) is 14.3 Å². The molecule has 0 bridgehead atoms. The van der Waals surface area contributed by atoms with E-state index in [1.54, 1.807) is 0 Å². The molecule has 2 amide bonds. The Hall–Kier alpha value is -1.89. The van der Waals surface area contributed by atoms with Crippen LogP contribution in [0, 0.1) is 5.92 Å². The fourth-order valence-electron chi connectivity index (χ4n) is 4.80. The lowest BCUT2D eigenvalue weighted by Gasteiger charge is -2.35. The molecule has 7 heteroatoms. The predicted molar refractivity (Wildman–Crippen MR) is 107 cm³/mol. The Morgan fingerprint density at radius 3 is 2.46 bits per heavy atom. The summed E-state index contributed by atoms with van der Waals surface area (Å²) >= 11 is 0. The van der Waals surface area contributed by atoms with Gasteiger partial charge in [0.05, 0.1) is 6.04 Å². The maximum absolute atomic E-state index is 12.8. The summed E-state index contributed by atoms with van der Waals surface area (Å²) in [6.45, 7) is 4.47. The summed E-state index contributed by atoms with van der Waals surface area (Å²) in [7, 11) is 0. The third kappa shape index (κ3) is 4.57. The highest BCUT2D eigenvalue weighted by atomic mass is 16.2. The maximum atomic E-state index is 12.8. The predicted octanol–water partition coefficient (Wildman–Crippen LogP) is 2.06. The van der Waals surface area contributed by atoms with Crippen LogP contribution >= 0.6 is 0 Å². The van der Waals surface area contributed by atoms with Gasteiger partial charge >= 0.3 is 0 Å². The molecule has 1 unspecified atom stereocenters. The van der Waals surface area contributed by atoms with Gasteiger partial charge in [-0.05, 0) is 44.2 Å². The van der Waals surface area contributed by atoms with Crippen molar-refractivity contribution in [1.29, 1.82) is 0 Å². The van der Waals surface area contributed by atoms with Crippen LogP contribution in [0.2, 0.25) is 0 Å². The van der Waals surface area contributed by atoms with Crippen molar-refractivity contribution < 1.29 is 9.59 Å². The molecule has 0 radical (unpaired) electrons. The van der Waals surface area contributed by atoms with Crippen LogP contribution in [-0.4, -0.2) is 70.7 Å². The standard InChI is InChI=1S/C21H33N5O2/c27-20(15-17-5-2-1-3-6-17)24-11-13-25(14-12-24)21(28)19-8-10-26(23-19)18-7-4-9-22-16-18/h8,10,17-18,22H,1-7,9,11-16H2. The van der Waals surface area contributed by atoms with Gasteiger partial charge in [-0.2, -0.15) is 5.10 Å². The first-order valence-electron chi connectivity index (χ1n) is 11.0. The monoisotopic (exact) mass is 387 g/mol. The molecule has 1 aromatic heterocycles. The minimum Gasteiger partial charge on any atom is -0.339 e. The fraction of sp³-hybridized carbons (Fsp3) is 0.762. The Balaban J connectivity index is 1.26. The molecule has 3 aliphatic rings. The van der Waals surface area contributed by atoms with Crippen molar-refractivity contribution in [3.8, 4) is 0 Å². The number of carbonyl (C=O) groups excluding carboxylic acids is 2. The number of hydrogen-bond acceptors (Lipinski definition) is 4. The summed E-state index contributed by atoms with van der Waals surface area (Å²) in [5, 5.41) is 7.93. The van der Waals surface area contributed by atoms with Crippen LogP contribution in [0.3, 0.4) is 0 Å². The average molecular weight is 388 g/mol. The van der Waals surface area contributed by atoms with Crippen molar-refractivity contribution in [3.63, 3.8) is 0 Å². The molecule has 154 valence electrons. The number of nitrogens with zero attached hydrogens (tertiary/aromatic N) is 4. The van der Waals surface area contributed by atoms with Crippen LogP contribution in [-0.2, 0) is 4.79 Å². The SMILES string of the molecule is O=C(CC1CCCCC1)N1CCN(C(=O)c2ccn(C3CCCNC3)n2)CC1. The molecule has 1 N–H and O–H groups in total. The number of rotatable bonds is 4. The van der Waals surface area contributed by atoms with E-state index in [0.717, 1.165) is 25.9 Å². The number of aromatic nitrogens is 2. The van der Waals surface area contributed by atoms with Crippen LogP contribution in [0.4, 0.5) is 0 Å². The van der Waals surface area contributed by atoms with Gasteiger partial charge in [0.25, 0.3) is 5.91 Å². The van der Waals surface area contributed by atoms with E-state index in [2.05, 4.69) is 10.4 Å². The molecule has 1 aromatic rings. The topological polar surface area (TPSA) is 70.5 Å². The first-order valence-corrected chi connectivity index (χ1v) is 11.0. The molecule has 7 nitrogen and oxygen atoms in total. The number of piperidine rings is 1. The molecule has 1 aliphatic carbocycles. The van der Waals surface area contributed by atoms with Gasteiger partial charge in [-0.15, -0.1) is 0 Å². The van der Waals surface area contributed by atoms with Crippen molar-refractivity contribution in [2.75, 3.05) is 39.3 Å². The van der Waals surface area contributed by atoms with E-state index in [9.17, 15) is 9.59 Å². The Labute approximate surface area is 167 Å². The van der Waals surface area contributed by atoms with Gasteiger partial charge in [-0.25, -0.2) is 0 Å². The fourth-order valence-corrected chi connectivity index (χ4v) is 4.80. The van der Waals surface area contributed by atoms with E-state index >= 15 is 0 Å². The van der Waals surface area contributed by atoms with E-state index in [1.807, 2.05) is 26.7 Å². The van der Waals surface area contributed by atoms with Crippen LogP contribution in [0.25, 0.3) is 0 Å². The van der Waals surface area contributed by atoms with Gasteiger partial charge in [-0.1, -0.05) is 19.3 Å². The van der Waals surface area contributed by atoms with Crippen molar-refractivity contribution >= 4 is 11.8 Å². The van der Waals surface area contributed by atoms with Crippen molar-refractivity contribution in [2.45, 2.75) is 57.4 Å². The lowest BCUT2D eigenvalue weighted by Crippen LogP contribution is -2.51. The highest BCUT2D eigenvalue weighted by molar-refractivity contribution is 5.92. The summed E-state index contributed by atoms with van der Waals surface area (Å²) in [5.41, 5.74) is 0.521. The van der Waals surface area contributed by atoms with Crippen LogP contribution in [0.5, 0.6) is 0 Å². The zero-order valence-electron chi connectivity index (χ0n) is 16.8. The molecule has 28 heavy (non-hydrogen) atoms. The van der Waals surface area contributed by atoms with Crippen LogP contribution in [0.15, 0.2) is 12.3 Å². The van der Waals surface area contributed by atoms with Gasteiger partial charge < -0.3 is 15.1 Å². The first kappa shape index (κ1) is 19.4. The average Bonchev–Trinajstić information content (AvgIpc) is 3.25. The zero-order valence-corrected chi connectivity index (χ0v) is 16.8. The third-order valence-corrected chi connectivity index (χ3v) is 6.58. The molecule has 4 rings (SSSR count). The molecule has 2 saturated heterocycles. The van der Waals surface area contributed by atoms with Gasteiger partial charge in [0.2, 0.25) is 5.91 Å². The molecular formula is C21H33N5O2. The van der Waals surface area contributed by atoms with Gasteiger partial charge in [0, 0.05) is 45.3 Å². The van der Waals surface area contributed by atoms with E-state index < -0.39 is 0 Å². The Kier molecular flexibility index (Phi) is 6.29.